The Labute approximate surface area is 114 Å². The fraction of sp³-hybridized carbons (Fsp3) is 0.333. The number of hydrogen-bond acceptors (Lipinski definition) is 2. The lowest BCUT2D eigenvalue weighted by molar-refractivity contribution is 0.467. The van der Waals surface area contributed by atoms with E-state index < -0.39 is 17.5 Å². The summed E-state index contributed by atoms with van der Waals surface area (Å²) < 4.78 is 44.9. The predicted molar refractivity (Wildman–Crippen MR) is 68.9 cm³/mol. The Kier molecular flexibility index (Phi) is 3.20. The first kappa shape index (κ1) is 13.1. The second-order valence-corrected chi connectivity index (χ2v) is 5.22. The molecule has 1 aliphatic carbocycles. The number of nitrogens with one attached hydrogen (secondary N) is 1. The smallest absolute Gasteiger partial charge is 0.161 e. The lowest BCUT2D eigenvalue weighted by Crippen LogP contribution is -2.02. The van der Waals surface area contributed by atoms with Crippen molar-refractivity contribution in [3.63, 3.8) is 0 Å². The maximum atomic E-state index is 13.4. The molecule has 1 saturated carbocycles. The van der Waals surface area contributed by atoms with Crippen molar-refractivity contribution in [1.82, 2.24) is 0 Å². The van der Waals surface area contributed by atoms with Gasteiger partial charge in [0.25, 0.3) is 0 Å². The highest BCUT2D eigenvalue weighted by molar-refractivity contribution is 5.45. The first-order valence-corrected chi connectivity index (χ1v) is 6.51. The second-order valence-electron chi connectivity index (χ2n) is 5.22. The highest BCUT2D eigenvalue weighted by Gasteiger charge is 2.36. The molecule has 5 heteroatoms. The summed E-state index contributed by atoms with van der Waals surface area (Å²) in [6, 6.07) is 5.05. The summed E-state index contributed by atoms with van der Waals surface area (Å²) in [7, 11) is 0. The fourth-order valence-corrected chi connectivity index (χ4v) is 2.25. The topological polar surface area (TPSA) is 25.2 Å². The molecule has 0 saturated heterocycles. The van der Waals surface area contributed by atoms with Crippen molar-refractivity contribution in [2.45, 2.75) is 25.8 Å². The van der Waals surface area contributed by atoms with Gasteiger partial charge in [0, 0.05) is 18.1 Å². The predicted octanol–water partition coefficient (Wildman–Crippen LogP) is 4.43. The number of hydrogen-bond donors (Lipinski definition) is 1. The molecule has 1 aliphatic rings. The molecule has 106 valence electrons. The lowest BCUT2D eigenvalue weighted by Gasteiger charge is -2.06. The number of rotatable bonds is 4. The highest BCUT2D eigenvalue weighted by Crippen LogP contribution is 2.47. The van der Waals surface area contributed by atoms with Crippen molar-refractivity contribution in [1.29, 1.82) is 0 Å². The SMILES string of the molecule is CC1CC1c1ccc(CNc2cc(F)c(F)cc2F)o1. The number of anilines is 1. The first-order chi connectivity index (χ1) is 9.54. The molecule has 2 nitrogen and oxygen atoms in total. The minimum absolute atomic E-state index is 0.0818. The molecule has 2 atom stereocenters. The molecule has 1 N–H and O–H groups in total. The number of furan rings is 1. The van der Waals surface area contributed by atoms with Gasteiger partial charge in [-0.25, -0.2) is 13.2 Å². The van der Waals surface area contributed by atoms with Crippen LogP contribution in [0.2, 0.25) is 0 Å². The molecular weight excluding hydrogens is 267 g/mol. The van der Waals surface area contributed by atoms with Crippen molar-refractivity contribution < 1.29 is 17.6 Å². The van der Waals surface area contributed by atoms with Crippen LogP contribution in [0.25, 0.3) is 0 Å². The summed E-state index contributed by atoms with van der Waals surface area (Å²) in [5.74, 6) is -0.416. The molecule has 0 radical (unpaired) electrons. The zero-order valence-corrected chi connectivity index (χ0v) is 10.9. The van der Waals surface area contributed by atoms with Crippen molar-refractivity contribution in [2.75, 3.05) is 5.32 Å². The molecule has 1 aromatic heterocycles. The normalized spacial score (nSPS) is 21.0. The van der Waals surface area contributed by atoms with Crippen LogP contribution in [0.5, 0.6) is 0 Å². The number of halogens is 3. The monoisotopic (exact) mass is 281 g/mol. The van der Waals surface area contributed by atoms with Gasteiger partial charge in [0.05, 0.1) is 12.2 Å². The van der Waals surface area contributed by atoms with E-state index in [9.17, 15) is 13.2 Å². The Morgan fingerprint density at radius 2 is 1.85 bits per heavy atom. The molecule has 0 bridgehead atoms. The van der Waals surface area contributed by atoms with Gasteiger partial charge in [-0.05, 0) is 24.5 Å². The van der Waals surface area contributed by atoms with E-state index in [1.165, 1.54) is 0 Å². The van der Waals surface area contributed by atoms with Gasteiger partial charge in [0.2, 0.25) is 0 Å². The van der Waals surface area contributed by atoms with Gasteiger partial charge >= 0.3 is 0 Å². The second kappa shape index (κ2) is 4.89. The summed E-state index contributed by atoms with van der Waals surface area (Å²) in [5.41, 5.74) is -0.0818. The minimum Gasteiger partial charge on any atom is -0.464 e. The molecular formula is C15H14F3NO. The molecule has 1 aromatic carbocycles. The highest BCUT2D eigenvalue weighted by atomic mass is 19.2. The molecule has 0 amide bonds. The van der Waals surface area contributed by atoms with Gasteiger partial charge in [-0.1, -0.05) is 6.92 Å². The van der Waals surface area contributed by atoms with Gasteiger partial charge in [-0.15, -0.1) is 0 Å². The maximum absolute atomic E-state index is 13.4. The minimum atomic E-state index is -1.20. The quantitative estimate of drug-likeness (QED) is 0.838. The van der Waals surface area contributed by atoms with Crippen LogP contribution in [0.1, 0.15) is 30.8 Å². The third-order valence-electron chi connectivity index (χ3n) is 3.62. The molecule has 1 fully saturated rings. The van der Waals surface area contributed by atoms with E-state index in [0.717, 1.165) is 18.2 Å². The Morgan fingerprint density at radius 3 is 2.55 bits per heavy atom. The van der Waals surface area contributed by atoms with Crippen molar-refractivity contribution in [3.8, 4) is 0 Å². The zero-order valence-electron chi connectivity index (χ0n) is 10.9. The van der Waals surface area contributed by atoms with Gasteiger partial charge in [0.1, 0.15) is 17.3 Å². The molecule has 2 unspecified atom stereocenters. The van der Waals surface area contributed by atoms with Crippen LogP contribution in [-0.4, -0.2) is 0 Å². The molecule has 20 heavy (non-hydrogen) atoms. The van der Waals surface area contributed by atoms with E-state index >= 15 is 0 Å². The Balaban J connectivity index is 1.67. The zero-order chi connectivity index (χ0) is 14.3. The van der Waals surface area contributed by atoms with Crippen molar-refractivity contribution in [3.05, 3.63) is 53.2 Å². The standard InChI is InChI=1S/C15H14F3NO/c1-8-4-10(8)15-3-2-9(20-15)7-19-14-6-12(17)11(16)5-13(14)18/h2-3,5-6,8,10,19H,4,7H2,1H3. The van der Waals surface area contributed by atoms with Gasteiger partial charge in [0.15, 0.2) is 11.6 Å². The Bertz CT molecular complexity index is 638. The average molecular weight is 281 g/mol. The largest absolute Gasteiger partial charge is 0.464 e. The van der Waals surface area contributed by atoms with Crippen molar-refractivity contribution >= 4 is 5.69 Å². The van der Waals surface area contributed by atoms with E-state index in [0.29, 0.717) is 23.7 Å². The van der Waals surface area contributed by atoms with Gasteiger partial charge < -0.3 is 9.73 Å². The van der Waals surface area contributed by atoms with E-state index in [1.54, 1.807) is 0 Å². The Morgan fingerprint density at radius 1 is 1.15 bits per heavy atom. The van der Waals surface area contributed by atoms with E-state index in [1.807, 2.05) is 12.1 Å². The van der Waals surface area contributed by atoms with E-state index in [4.69, 9.17) is 4.42 Å². The van der Waals surface area contributed by atoms with Crippen LogP contribution in [0.4, 0.5) is 18.9 Å². The van der Waals surface area contributed by atoms with Gasteiger partial charge in [-0.3, -0.25) is 0 Å². The van der Waals surface area contributed by atoms with Crippen LogP contribution in [-0.2, 0) is 6.54 Å². The lowest BCUT2D eigenvalue weighted by atomic mass is 10.2. The molecule has 0 spiro atoms. The third kappa shape index (κ3) is 2.53. The van der Waals surface area contributed by atoms with Crippen LogP contribution in [0, 0.1) is 23.4 Å². The summed E-state index contributed by atoms with van der Waals surface area (Å²) in [6.45, 7) is 2.38. The Hall–Kier alpha value is -1.91. The van der Waals surface area contributed by atoms with Gasteiger partial charge in [-0.2, -0.15) is 0 Å². The summed E-state index contributed by atoms with van der Waals surface area (Å²) in [6.07, 6.45) is 1.12. The van der Waals surface area contributed by atoms with Crippen LogP contribution in [0.15, 0.2) is 28.7 Å². The maximum Gasteiger partial charge on any atom is 0.161 e. The summed E-state index contributed by atoms with van der Waals surface area (Å²) >= 11 is 0. The number of benzene rings is 1. The van der Waals surface area contributed by atoms with E-state index in [2.05, 4.69) is 12.2 Å². The van der Waals surface area contributed by atoms with Crippen LogP contribution in [0.3, 0.4) is 0 Å². The summed E-state index contributed by atoms with van der Waals surface area (Å²) in [5, 5.41) is 2.71. The molecule has 3 rings (SSSR count). The van der Waals surface area contributed by atoms with Crippen LogP contribution < -0.4 is 5.32 Å². The van der Waals surface area contributed by atoms with Crippen molar-refractivity contribution in [2.24, 2.45) is 5.92 Å². The fourth-order valence-electron chi connectivity index (χ4n) is 2.25. The van der Waals surface area contributed by atoms with Crippen LogP contribution >= 0.6 is 0 Å². The van der Waals surface area contributed by atoms with E-state index in [-0.39, 0.29) is 12.2 Å². The first-order valence-electron chi connectivity index (χ1n) is 6.51. The summed E-state index contributed by atoms with van der Waals surface area (Å²) in [4.78, 5) is 0. The third-order valence-corrected chi connectivity index (χ3v) is 3.62. The molecule has 1 heterocycles. The molecule has 2 aromatic rings. The molecule has 0 aliphatic heterocycles. The average Bonchev–Trinajstić information content (AvgIpc) is 2.96.